The summed E-state index contributed by atoms with van der Waals surface area (Å²) in [4.78, 5) is 0. The zero-order valence-electron chi connectivity index (χ0n) is 7.71. The van der Waals surface area contributed by atoms with Gasteiger partial charge in [0.25, 0.3) is 0 Å². The molecule has 0 amide bonds. The van der Waals surface area contributed by atoms with Crippen LogP contribution in [0.3, 0.4) is 0 Å². The van der Waals surface area contributed by atoms with Gasteiger partial charge in [-0.25, -0.2) is 0 Å². The Morgan fingerprint density at radius 3 is 3.08 bits per heavy atom. The molecule has 0 bridgehead atoms. The molecule has 1 heteroatoms. The number of allylic oxidation sites excluding steroid dienone is 2. The molecular weight excluding hydrogens is 160 g/mol. The fraction of sp³-hybridized carbons (Fsp3) is 0.167. The molecular formula is C12H12O. The molecule has 0 aliphatic carbocycles. The van der Waals surface area contributed by atoms with Gasteiger partial charge in [0.05, 0.1) is 0 Å². The number of para-hydroxylation sites is 1. The van der Waals surface area contributed by atoms with Crippen LogP contribution in [0.15, 0.2) is 36.9 Å². The van der Waals surface area contributed by atoms with E-state index in [1.54, 1.807) is 6.08 Å². The van der Waals surface area contributed by atoms with E-state index in [4.69, 9.17) is 4.74 Å². The molecule has 1 nitrogen and oxygen atoms in total. The van der Waals surface area contributed by atoms with Gasteiger partial charge in [-0.15, -0.1) is 0 Å². The van der Waals surface area contributed by atoms with Gasteiger partial charge in [-0.2, -0.15) is 0 Å². The highest BCUT2D eigenvalue weighted by Crippen LogP contribution is 2.35. The molecule has 0 radical (unpaired) electrons. The smallest absolute Gasteiger partial charge is 0.130 e. The Morgan fingerprint density at radius 2 is 2.31 bits per heavy atom. The minimum atomic E-state index is 0.673. The van der Waals surface area contributed by atoms with Crippen molar-refractivity contribution in [2.75, 3.05) is 6.61 Å². The topological polar surface area (TPSA) is 9.23 Å². The molecule has 13 heavy (non-hydrogen) atoms. The molecule has 1 aliphatic heterocycles. The molecule has 0 unspecified atom stereocenters. The third kappa shape index (κ3) is 1.26. The summed E-state index contributed by atoms with van der Waals surface area (Å²) in [5.74, 6) is 1.02. The van der Waals surface area contributed by atoms with Crippen molar-refractivity contribution in [2.45, 2.75) is 6.92 Å². The molecule has 1 heterocycles. The summed E-state index contributed by atoms with van der Waals surface area (Å²) in [6.07, 6.45) is 3.81. The van der Waals surface area contributed by atoms with Gasteiger partial charge in [0.1, 0.15) is 12.4 Å². The summed E-state index contributed by atoms with van der Waals surface area (Å²) in [5.41, 5.74) is 3.62. The zero-order chi connectivity index (χ0) is 9.26. The summed E-state index contributed by atoms with van der Waals surface area (Å²) in [6.45, 7) is 6.43. The Balaban J connectivity index is 2.55. The van der Waals surface area contributed by atoms with Crippen molar-refractivity contribution in [1.29, 1.82) is 0 Å². The highest BCUT2D eigenvalue weighted by Gasteiger charge is 2.17. The first-order chi connectivity index (χ1) is 6.33. The maximum Gasteiger partial charge on any atom is 0.130 e. The monoisotopic (exact) mass is 172 g/mol. The van der Waals surface area contributed by atoms with Crippen LogP contribution in [0.1, 0.15) is 11.1 Å². The molecule has 1 aliphatic rings. The number of ether oxygens (including phenoxy) is 1. The van der Waals surface area contributed by atoms with Gasteiger partial charge in [0, 0.05) is 11.1 Å². The first kappa shape index (κ1) is 8.11. The van der Waals surface area contributed by atoms with Crippen molar-refractivity contribution in [3.05, 3.63) is 48.1 Å². The van der Waals surface area contributed by atoms with Crippen LogP contribution in [-0.4, -0.2) is 6.61 Å². The van der Waals surface area contributed by atoms with Crippen LogP contribution in [0.5, 0.6) is 5.75 Å². The molecule has 0 fully saturated rings. The summed E-state index contributed by atoms with van der Waals surface area (Å²) in [6, 6.07) is 6.21. The molecule has 0 aromatic heterocycles. The number of aryl methyl sites for hydroxylation is 1. The Labute approximate surface area is 78.3 Å². The molecule has 2 rings (SSSR count). The normalized spacial score (nSPS) is 16.8. The summed E-state index contributed by atoms with van der Waals surface area (Å²) in [5, 5.41) is 0. The predicted molar refractivity (Wildman–Crippen MR) is 54.8 cm³/mol. The van der Waals surface area contributed by atoms with Crippen molar-refractivity contribution in [3.8, 4) is 5.75 Å². The van der Waals surface area contributed by atoms with Crippen molar-refractivity contribution < 1.29 is 4.74 Å². The number of hydrogen-bond acceptors (Lipinski definition) is 1. The fourth-order valence-electron chi connectivity index (χ4n) is 1.60. The zero-order valence-corrected chi connectivity index (χ0v) is 7.71. The van der Waals surface area contributed by atoms with Crippen LogP contribution in [0, 0.1) is 6.92 Å². The standard InChI is InChI=1S/C12H12O/c1-3-5-10-8-13-12-9(2)6-4-7-11(10)12/h3-7H,1,8H2,2H3/b10-5+. The summed E-state index contributed by atoms with van der Waals surface area (Å²) >= 11 is 0. The lowest BCUT2D eigenvalue weighted by Gasteiger charge is -2.00. The van der Waals surface area contributed by atoms with Gasteiger partial charge in [-0.05, 0) is 12.5 Å². The lowest BCUT2D eigenvalue weighted by Crippen LogP contribution is -1.87. The maximum absolute atomic E-state index is 5.58. The number of hydrogen-bond donors (Lipinski definition) is 0. The van der Waals surface area contributed by atoms with Crippen molar-refractivity contribution in [1.82, 2.24) is 0 Å². The average molecular weight is 172 g/mol. The van der Waals surface area contributed by atoms with Gasteiger partial charge < -0.3 is 4.74 Å². The minimum Gasteiger partial charge on any atom is -0.488 e. The second-order valence-corrected chi connectivity index (χ2v) is 3.17. The van der Waals surface area contributed by atoms with Gasteiger partial charge in [-0.1, -0.05) is 36.9 Å². The summed E-state index contributed by atoms with van der Waals surface area (Å²) < 4.78 is 5.58. The van der Waals surface area contributed by atoms with E-state index in [1.807, 2.05) is 6.08 Å². The Hall–Kier alpha value is -1.50. The average Bonchev–Trinajstić information content (AvgIpc) is 2.51. The van der Waals surface area contributed by atoms with E-state index >= 15 is 0 Å². The lowest BCUT2D eigenvalue weighted by atomic mass is 10.0. The van der Waals surface area contributed by atoms with Crippen molar-refractivity contribution in [3.63, 3.8) is 0 Å². The van der Waals surface area contributed by atoms with Crippen LogP contribution in [0.2, 0.25) is 0 Å². The largest absolute Gasteiger partial charge is 0.488 e. The highest BCUT2D eigenvalue weighted by molar-refractivity contribution is 5.76. The number of fused-ring (bicyclic) bond motifs is 1. The van der Waals surface area contributed by atoms with Crippen molar-refractivity contribution >= 4 is 5.57 Å². The Kier molecular flexibility index (Phi) is 1.93. The van der Waals surface area contributed by atoms with E-state index in [9.17, 15) is 0 Å². The minimum absolute atomic E-state index is 0.673. The van der Waals surface area contributed by atoms with Gasteiger partial charge >= 0.3 is 0 Å². The summed E-state index contributed by atoms with van der Waals surface area (Å²) in [7, 11) is 0. The second kappa shape index (κ2) is 3.09. The molecule has 0 saturated carbocycles. The molecule has 0 atom stereocenters. The fourth-order valence-corrected chi connectivity index (χ4v) is 1.60. The maximum atomic E-state index is 5.58. The predicted octanol–water partition coefficient (Wildman–Crippen LogP) is 2.96. The Bertz CT molecular complexity index is 375. The van der Waals surface area contributed by atoms with E-state index in [-0.39, 0.29) is 0 Å². The Morgan fingerprint density at radius 1 is 1.46 bits per heavy atom. The third-order valence-electron chi connectivity index (χ3n) is 2.25. The number of rotatable bonds is 1. The van der Waals surface area contributed by atoms with E-state index in [0.29, 0.717) is 6.61 Å². The molecule has 66 valence electrons. The van der Waals surface area contributed by atoms with Gasteiger partial charge in [0.2, 0.25) is 0 Å². The quantitative estimate of drug-likeness (QED) is 0.632. The molecule has 0 spiro atoms. The SMILES string of the molecule is C=C/C=C1\COc2c(C)cccc21. The van der Waals surface area contributed by atoms with Crippen LogP contribution in [0.4, 0.5) is 0 Å². The van der Waals surface area contributed by atoms with Gasteiger partial charge in [0.15, 0.2) is 0 Å². The van der Waals surface area contributed by atoms with E-state index in [0.717, 1.165) is 5.75 Å². The highest BCUT2D eigenvalue weighted by atomic mass is 16.5. The van der Waals surface area contributed by atoms with E-state index < -0.39 is 0 Å². The first-order valence-corrected chi connectivity index (χ1v) is 4.37. The van der Waals surface area contributed by atoms with Crippen molar-refractivity contribution in [2.24, 2.45) is 0 Å². The van der Waals surface area contributed by atoms with Crippen LogP contribution in [-0.2, 0) is 0 Å². The molecule has 0 saturated heterocycles. The van der Waals surface area contributed by atoms with Crippen LogP contribution < -0.4 is 4.74 Å². The van der Waals surface area contributed by atoms with E-state index in [2.05, 4.69) is 31.7 Å². The lowest BCUT2D eigenvalue weighted by molar-refractivity contribution is 0.386. The van der Waals surface area contributed by atoms with Gasteiger partial charge in [-0.3, -0.25) is 0 Å². The van der Waals surface area contributed by atoms with Crippen LogP contribution >= 0.6 is 0 Å². The first-order valence-electron chi connectivity index (χ1n) is 4.37. The second-order valence-electron chi connectivity index (χ2n) is 3.17. The van der Waals surface area contributed by atoms with E-state index in [1.165, 1.54) is 16.7 Å². The van der Waals surface area contributed by atoms with Crippen LogP contribution in [0.25, 0.3) is 5.57 Å². The molecule has 1 aromatic rings. The molecule has 0 N–H and O–H groups in total. The number of benzene rings is 1. The third-order valence-corrected chi connectivity index (χ3v) is 2.25. The molecule has 1 aromatic carbocycles.